The first-order chi connectivity index (χ1) is 7.84. The molecular formula is C11H22N2O2S2. The SMILES string of the molecule is CC(C)C(NS(=O)(=O)C1CCCCC1)C(N)=S. The molecule has 17 heavy (non-hydrogen) atoms. The van der Waals surface area contributed by atoms with E-state index in [1.54, 1.807) is 0 Å². The van der Waals surface area contributed by atoms with Crippen LogP contribution in [0.5, 0.6) is 0 Å². The summed E-state index contributed by atoms with van der Waals surface area (Å²) in [6.45, 7) is 3.82. The van der Waals surface area contributed by atoms with Gasteiger partial charge in [0.1, 0.15) is 0 Å². The number of thiocarbonyl (C=S) groups is 1. The molecule has 6 heteroatoms. The van der Waals surface area contributed by atoms with Crippen LogP contribution in [0.3, 0.4) is 0 Å². The van der Waals surface area contributed by atoms with Crippen LogP contribution in [0.15, 0.2) is 0 Å². The van der Waals surface area contributed by atoms with Gasteiger partial charge in [-0.05, 0) is 18.8 Å². The van der Waals surface area contributed by atoms with Crippen LogP contribution >= 0.6 is 12.2 Å². The second kappa shape index (κ2) is 6.11. The smallest absolute Gasteiger partial charge is 0.215 e. The molecule has 0 heterocycles. The second-order valence-corrected chi connectivity index (χ2v) is 7.51. The molecule has 1 saturated carbocycles. The van der Waals surface area contributed by atoms with Gasteiger partial charge in [-0.25, -0.2) is 13.1 Å². The Kier molecular flexibility index (Phi) is 5.34. The van der Waals surface area contributed by atoms with Gasteiger partial charge in [-0.2, -0.15) is 0 Å². The van der Waals surface area contributed by atoms with Crippen molar-refractivity contribution in [2.45, 2.75) is 57.2 Å². The van der Waals surface area contributed by atoms with Crippen LogP contribution in [0.2, 0.25) is 0 Å². The minimum atomic E-state index is -3.29. The maximum absolute atomic E-state index is 12.2. The molecule has 1 atom stereocenters. The van der Waals surface area contributed by atoms with E-state index in [-0.39, 0.29) is 16.2 Å². The maximum atomic E-state index is 12.2. The molecule has 100 valence electrons. The summed E-state index contributed by atoms with van der Waals surface area (Å²) in [5.41, 5.74) is 5.58. The predicted octanol–water partition coefficient (Wildman–Crippen LogP) is 1.55. The lowest BCUT2D eigenvalue weighted by molar-refractivity contribution is 0.466. The van der Waals surface area contributed by atoms with Crippen molar-refractivity contribution in [1.29, 1.82) is 0 Å². The van der Waals surface area contributed by atoms with E-state index < -0.39 is 16.1 Å². The van der Waals surface area contributed by atoms with Gasteiger partial charge in [-0.3, -0.25) is 0 Å². The zero-order valence-electron chi connectivity index (χ0n) is 10.5. The topological polar surface area (TPSA) is 72.2 Å². The van der Waals surface area contributed by atoms with Gasteiger partial charge >= 0.3 is 0 Å². The summed E-state index contributed by atoms with van der Waals surface area (Å²) in [6.07, 6.45) is 4.61. The Morgan fingerprint density at radius 2 is 1.82 bits per heavy atom. The molecule has 0 saturated heterocycles. The molecule has 0 aliphatic heterocycles. The van der Waals surface area contributed by atoms with E-state index in [0.717, 1.165) is 32.1 Å². The van der Waals surface area contributed by atoms with Gasteiger partial charge in [0.2, 0.25) is 10.0 Å². The molecule has 1 rings (SSSR count). The van der Waals surface area contributed by atoms with Crippen LogP contribution in [-0.2, 0) is 10.0 Å². The van der Waals surface area contributed by atoms with E-state index in [9.17, 15) is 8.42 Å². The van der Waals surface area contributed by atoms with Crippen molar-refractivity contribution >= 4 is 27.2 Å². The molecule has 4 nitrogen and oxygen atoms in total. The average Bonchev–Trinajstić information content (AvgIpc) is 2.26. The highest BCUT2D eigenvalue weighted by Gasteiger charge is 2.31. The fourth-order valence-electron chi connectivity index (χ4n) is 2.17. The number of nitrogens with two attached hydrogens (primary N) is 1. The van der Waals surface area contributed by atoms with Crippen LogP contribution in [0.4, 0.5) is 0 Å². The summed E-state index contributed by atoms with van der Waals surface area (Å²) in [7, 11) is -3.29. The predicted molar refractivity (Wildman–Crippen MR) is 74.3 cm³/mol. The van der Waals surface area contributed by atoms with Crippen LogP contribution in [-0.4, -0.2) is 24.7 Å². The molecule has 0 aromatic rings. The van der Waals surface area contributed by atoms with Crippen molar-refractivity contribution in [3.63, 3.8) is 0 Å². The van der Waals surface area contributed by atoms with Gasteiger partial charge in [0.05, 0.1) is 16.3 Å². The fourth-order valence-corrected chi connectivity index (χ4v) is 4.48. The molecule has 0 aromatic carbocycles. The van der Waals surface area contributed by atoms with Gasteiger partial charge in [-0.15, -0.1) is 0 Å². The monoisotopic (exact) mass is 278 g/mol. The Labute approximate surface area is 109 Å². The third-order valence-electron chi connectivity index (χ3n) is 3.26. The molecule has 3 N–H and O–H groups in total. The summed E-state index contributed by atoms with van der Waals surface area (Å²) in [6, 6.07) is -0.433. The molecular weight excluding hydrogens is 256 g/mol. The number of rotatable bonds is 5. The lowest BCUT2D eigenvalue weighted by Crippen LogP contribution is -2.49. The summed E-state index contributed by atoms with van der Waals surface area (Å²) in [5, 5.41) is -0.271. The number of hydrogen-bond donors (Lipinski definition) is 2. The molecule has 1 fully saturated rings. The van der Waals surface area contributed by atoms with Crippen molar-refractivity contribution in [3.8, 4) is 0 Å². The molecule has 1 aliphatic rings. The number of nitrogens with one attached hydrogen (secondary N) is 1. The fraction of sp³-hybridized carbons (Fsp3) is 0.909. The molecule has 0 radical (unpaired) electrons. The first-order valence-electron chi connectivity index (χ1n) is 6.15. The molecule has 0 bridgehead atoms. The third kappa shape index (κ3) is 4.19. The minimum absolute atomic E-state index is 0.0749. The summed E-state index contributed by atoms with van der Waals surface area (Å²) < 4.78 is 27.0. The van der Waals surface area contributed by atoms with E-state index in [1.807, 2.05) is 13.8 Å². The number of sulfonamides is 1. The normalized spacial score (nSPS) is 20.4. The van der Waals surface area contributed by atoms with Gasteiger partial charge < -0.3 is 5.73 Å². The molecule has 0 spiro atoms. The van der Waals surface area contributed by atoms with E-state index in [2.05, 4.69) is 4.72 Å². The largest absolute Gasteiger partial charge is 0.392 e. The highest BCUT2D eigenvalue weighted by molar-refractivity contribution is 7.90. The van der Waals surface area contributed by atoms with Crippen LogP contribution in [0.25, 0.3) is 0 Å². The summed E-state index contributed by atoms with van der Waals surface area (Å²) >= 11 is 4.91. The Bertz CT molecular complexity index is 360. The Balaban J connectivity index is 2.73. The molecule has 1 aliphatic carbocycles. The van der Waals surface area contributed by atoms with Crippen molar-refractivity contribution in [2.24, 2.45) is 11.7 Å². The Morgan fingerprint density at radius 1 is 1.29 bits per heavy atom. The van der Waals surface area contributed by atoms with Gasteiger partial charge in [0.25, 0.3) is 0 Å². The van der Waals surface area contributed by atoms with E-state index >= 15 is 0 Å². The van der Waals surface area contributed by atoms with Crippen molar-refractivity contribution in [3.05, 3.63) is 0 Å². The van der Waals surface area contributed by atoms with Crippen LogP contribution < -0.4 is 10.5 Å². The van der Waals surface area contributed by atoms with Crippen molar-refractivity contribution in [1.82, 2.24) is 4.72 Å². The van der Waals surface area contributed by atoms with Crippen LogP contribution in [0.1, 0.15) is 46.0 Å². The number of hydrogen-bond acceptors (Lipinski definition) is 3. The first kappa shape index (κ1) is 14.9. The minimum Gasteiger partial charge on any atom is -0.392 e. The summed E-state index contributed by atoms with van der Waals surface area (Å²) in [4.78, 5) is 0.222. The molecule has 1 unspecified atom stereocenters. The maximum Gasteiger partial charge on any atom is 0.215 e. The third-order valence-corrected chi connectivity index (χ3v) is 5.44. The van der Waals surface area contributed by atoms with Crippen molar-refractivity contribution < 1.29 is 8.42 Å². The van der Waals surface area contributed by atoms with E-state index in [1.165, 1.54) is 0 Å². The van der Waals surface area contributed by atoms with Gasteiger partial charge in [0, 0.05) is 0 Å². The highest BCUT2D eigenvalue weighted by atomic mass is 32.2. The zero-order valence-corrected chi connectivity index (χ0v) is 12.1. The van der Waals surface area contributed by atoms with Gasteiger partial charge in [0.15, 0.2) is 0 Å². The van der Waals surface area contributed by atoms with Crippen molar-refractivity contribution in [2.75, 3.05) is 0 Å². The van der Waals surface area contributed by atoms with Gasteiger partial charge in [-0.1, -0.05) is 45.3 Å². The molecule has 0 aromatic heterocycles. The second-order valence-electron chi connectivity index (χ2n) is 5.05. The quantitative estimate of drug-likeness (QED) is 0.748. The molecule has 0 amide bonds. The Hall–Kier alpha value is -0.200. The lowest BCUT2D eigenvalue weighted by atomic mass is 10.0. The Morgan fingerprint density at radius 3 is 2.24 bits per heavy atom. The summed E-state index contributed by atoms with van der Waals surface area (Å²) in [5.74, 6) is 0.0749. The van der Waals surface area contributed by atoms with E-state index in [4.69, 9.17) is 18.0 Å². The lowest BCUT2D eigenvalue weighted by Gasteiger charge is -2.27. The highest BCUT2D eigenvalue weighted by Crippen LogP contribution is 2.23. The van der Waals surface area contributed by atoms with E-state index in [0.29, 0.717) is 0 Å². The average molecular weight is 278 g/mol. The van der Waals surface area contributed by atoms with Crippen LogP contribution in [0, 0.1) is 5.92 Å². The standard InChI is InChI=1S/C11H22N2O2S2/c1-8(2)10(11(12)16)13-17(14,15)9-6-4-3-5-7-9/h8-10,13H,3-7H2,1-2H3,(H2,12,16). The first-order valence-corrected chi connectivity index (χ1v) is 8.10. The zero-order chi connectivity index (χ0) is 13.1.